The minimum Gasteiger partial charge on any atom is -0.356 e. The summed E-state index contributed by atoms with van der Waals surface area (Å²) >= 11 is 0. The van der Waals surface area contributed by atoms with Gasteiger partial charge in [0.15, 0.2) is 5.96 Å². The van der Waals surface area contributed by atoms with Crippen LogP contribution in [0.25, 0.3) is 0 Å². The molecule has 0 radical (unpaired) electrons. The Bertz CT molecular complexity index is 511. The molecule has 0 spiro atoms. The normalized spacial score (nSPS) is 14.4. The Morgan fingerprint density at radius 3 is 2.89 bits per heavy atom. The second-order valence-electron chi connectivity index (χ2n) is 4.56. The van der Waals surface area contributed by atoms with E-state index in [1.165, 1.54) is 0 Å². The molecule has 18 heavy (non-hydrogen) atoms. The maximum Gasteiger partial charge on any atom is 0.195 e. The molecule has 0 atom stereocenters. The van der Waals surface area contributed by atoms with Gasteiger partial charge in [0.25, 0.3) is 0 Å². The summed E-state index contributed by atoms with van der Waals surface area (Å²) in [5.41, 5.74) is 4.43. The Hall–Kier alpha value is -2.02. The van der Waals surface area contributed by atoms with Gasteiger partial charge in [-0.05, 0) is 43.0 Å². The van der Waals surface area contributed by atoms with Gasteiger partial charge in [-0.15, -0.1) is 0 Å². The molecule has 4 nitrogen and oxygen atoms in total. The van der Waals surface area contributed by atoms with Crippen molar-refractivity contribution in [3.63, 3.8) is 0 Å². The highest BCUT2D eigenvalue weighted by molar-refractivity contribution is 5.94. The number of nitrogens with zero attached hydrogens (tertiary/aromatic N) is 2. The number of nitrogens with one attached hydrogen (secondary N) is 2. The molecule has 0 aliphatic carbocycles. The molecule has 0 aromatic heterocycles. The van der Waals surface area contributed by atoms with E-state index in [0.29, 0.717) is 6.42 Å². The first kappa shape index (κ1) is 12.4. The van der Waals surface area contributed by atoms with E-state index in [1.54, 1.807) is 0 Å². The van der Waals surface area contributed by atoms with E-state index in [9.17, 15) is 0 Å². The highest BCUT2D eigenvalue weighted by Gasteiger charge is 2.08. The van der Waals surface area contributed by atoms with Crippen LogP contribution >= 0.6 is 0 Å². The van der Waals surface area contributed by atoms with Crippen molar-refractivity contribution in [1.29, 1.82) is 5.26 Å². The molecule has 1 aliphatic heterocycles. The highest BCUT2D eigenvalue weighted by atomic mass is 15.2. The lowest BCUT2D eigenvalue weighted by atomic mass is 10.0. The van der Waals surface area contributed by atoms with Crippen molar-refractivity contribution in [2.45, 2.75) is 26.7 Å². The van der Waals surface area contributed by atoms with Gasteiger partial charge in [0.2, 0.25) is 0 Å². The molecule has 4 heteroatoms. The van der Waals surface area contributed by atoms with E-state index in [1.807, 2.05) is 13.8 Å². The lowest BCUT2D eigenvalue weighted by Gasteiger charge is -2.18. The summed E-state index contributed by atoms with van der Waals surface area (Å²) in [7, 11) is 0. The van der Waals surface area contributed by atoms with Crippen LogP contribution in [-0.2, 0) is 6.42 Å². The molecule has 94 valence electrons. The van der Waals surface area contributed by atoms with Gasteiger partial charge in [0, 0.05) is 18.8 Å². The van der Waals surface area contributed by atoms with Crippen molar-refractivity contribution >= 4 is 11.6 Å². The zero-order chi connectivity index (χ0) is 13.0. The fourth-order valence-electron chi connectivity index (χ4n) is 2.03. The summed E-state index contributed by atoms with van der Waals surface area (Å²) in [6.07, 6.45) is 1.55. The number of hydrogen-bond acceptors (Lipinski definition) is 4. The van der Waals surface area contributed by atoms with Crippen molar-refractivity contribution < 1.29 is 0 Å². The van der Waals surface area contributed by atoms with Gasteiger partial charge in [-0.1, -0.05) is 6.07 Å². The number of aliphatic imine (C=N–C) groups is 1. The number of nitriles is 1. The van der Waals surface area contributed by atoms with Crippen molar-refractivity contribution in [3.8, 4) is 6.07 Å². The van der Waals surface area contributed by atoms with Crippen molar-refractivity contribution in [2.75, 3.05) is 18.4 Å². The quantitative estimate of drug-likeness (QED) is 0.835. The van der Waals surface area contributed by atoms with E-state index in [-0.39, 0.29) is 0 Å². The Morgan fingerprint density at radius 1 is 1.39 bits per heavy atom. The number of anilines is 1. The van der Waals surface area contributed by atoms with Crippen LogP contribution < -0.4 is 10.6 Å². The zero-order valence-corrected chi connectivity index (χ0v) is 10.9. The van der Waals surface area contributed by atoms with Gasteiger partial charge >= 0.3 is 0 Å². The van der Waals surface area contributed by atoms with E-state index in [4.69, 9.17) is 5.26 Å². The first-order chi connectivity index (χ1) is 8.70. The molecule has 1 aromatic rings. The number of benzene rings is 1. The van der Waals surface area contributed by atoms with E-state index >= 15 is 0 Å². The minimum absolute atomic E-state index is 0.464. The van der Waals surface area contributed by atoms with Crippen LogP contribution in [0.3, 0.4) is 0 Å². The zero-order valence-electron chi connectivity index (χ0n) is 10.9. The van der Waals surface area contributed by atoms with E-state index < -0.39 is 0 Å². The summed E-state index contributed by atoms with van der Waals surface area (Å²) in [6.45, 7) is 5.93. The van der Waals surface area contributed by atoms with Crippen LogP contribution in [0.15, 0.2) is 17.1 Å². The number of hydrogen-bond donors (Lipinski definition) is 2. The van der Waals surface area contributed by atoms with Gasteiger partial charge in [0.1, 0.15) is 0 Å². The fourth-order valence-corrected chi connectivity index (χ4v) is 2.03. The third kappa shape index (κ3) is 2.80. The van der Waals surface area contributed by atoms with Gasteiger partial charge in [0.05, 0.1) is 12.5 Å². The smallest absolute Gasteiger partial charge is 0.195 e. The van der Waals surface area contributed by atoms with Gasteiger partial charge < -0.3 is 10.6 Å². The minimum atomic E-state index is 0.464. The molecular weight excluding hydrogens is 224 g/mol. The van der Waals surface area contributed by atoms with Crippen molar-refractivity contribution in [2.24, 2.45) is 4.99 Å². The van der Waals surface area contributed by atoms with Crippen LogP contribution in [-0.4, -0.2) is 19.0 Å². The molecule has 1 aliphatic rings. The average Bonchev–Trinajstić information content (AvgIpc) is 2.37. The maximum atomic E-state index is 8.77. The third-order valence-corrected chi connectivity index (χ3v) is 3.10. The molecular formula is C14H18N4. The first-order valence-corrected chi connectivity index (χ1v) is 6.23. The number of rotatable bonds is 2. The predicted octanol–water partition coefficient (Wildman–Crippen LogP) is 2.13. The standard InChI is InChI=1S/C14H18N4/c1-10-9-13(11(2)8-12(10)4-5-15)18-14-16-6-3-7-17-14/h8-9H,3-4,6-7H2,1-2H3,(H2,16,17,18). The Labute approximate surface area is 108 Å². The van der Waals surface area contributed by atoms with E-state index in [2.05, 4.69) is 33.8 Å². The molecule has 0 unspecified atom stereocenters. The first-order valence-electron chi connectivity index (χ1n) is 6.23. The summed E-state index contributed by atoms with van der Waals surface area (Å²) in [5, 5.41) is 15.3. The molecule has 1 heterocycles. The third-order valence-electron chi connectivity index (χ3n) is 3.10. The molecule has 2 rings (SSSR count). The molecule has 0 saturated carbocycles. The van der Waals surface area contributed by atoms with Crippen LogP contribution in [0.2, 0.25) is 0 Å². The van der Waals surface area contributed by atoms with Crippen LogP contribution in [0.4, 0.5) is 5.69 Å². The monoisotopic (exact) mass is 242 g/mol. The molecule has 0 fully saturated rings. The second kappa shape index (κ2) is 5.54. The fraction of sp³-hybridized carbons (Fsp3) is 0.429. The second-order valence-corrected chi connectivity index (χ2v) is 4.56. The van der Waals surface area contributed by atoms with Crippen LogP contribution in [0.1, 0.15) is 23.1 Å². The summed E-state index contributed by atoms with van der Waals surface area (Å²) in [4.78, 5) is 4.40. The molecule has 0 amide bonds. The van der Waals surface area contributed by atoms with Crippen LogP contribution in [0, 0.1) is 25.2 Å². The predicted molar refractivity (Wildman–Crippen MR) is 73.8 cm³/mol. The molecule has 2 N–H and O–H groups in total. The highest BCUT2D eigenvalue weighted by Crippen LogP contribution is 2.21. The molecule has 1 aromatic carbocycles. The van der Waals surface area contributed by atoms with E-state index in [0.717, 1.165) is 47.8 Å². The average molecular weight is 242 g/mol. The maximum absolute atomic E-state index is 8.77. The lowest BCUT2D eigenvalue weighted by molar-refractivity contribution is 0.740. The van der Waals surface area contributed by atoms with Crippen molar-refractivity contribution in [1.82, 2.24) is 5.32 Å². The number of guanidine groups is 1. The largest absolute Gasteiger partial charge is 0.356 e. The van der Waals surface area contributed by atoms with Crippen molar-refractivity contribution in [3.05, 3.63) is 28.8 Å². The lowest BCUT2D eigenvalue weighted by Crippen LogP contribution is -2.35. The van der Waals surface area contributed by atoms with Gasteiger partial charge in [-0.2, -0.15) is 5.26 Å². The molecule has 0 saturated heterocycles. The number of aryl methyl sites for hydroxylation is 2. The summed E-state index contributed by atoms with van der Waals surface area (Å²) in [5.74, 6) is 0.844. The topological polar surface area (TPSA) is 60.2 Å². The SMILES string of the molecule is Cc1cc(NC2=NCCCN2)c(C)cc1CC#N. The Kier molecular flexibility index (Phi) is 3.83. The summed E-state index contributed by atoms with van der Waals surface area (Å²) < 4.78 is 0. The Morgan fingerprint density at radius 2 is 2.22 bits per heavy atom. The molecule has 0 bridgehead atoms. The van der Waals surface area contributed by atoms with Gasteiger partial charge in [-0.25, -0.2) is 0 Å². The summed E-state index contributed by atoms with van der Waals surface area (Å²) in [6, 6.07) is 6.35. The van der Waals surface area contributed by atoms with Gasteiger partial charge in [-0.3, -0.25) is 4.99 Å². The Balaban J connectivity index is 2.21. The van der Waals surface area contributed by atoms with Crippen LogP contribution in [0.5, 0.6) is 0 Å².